The number of benzene rings is 1. The van der Waals surface area contributed by atoms with E-state index in [2.05, 4.69) is 20.7 Å². The van der Waals surface area contributed by atoms with Crippen molar-refractivity contribution >= 4 is 17.4 Å². The molecular formula is C20H20FN5O2. The fourth-order valence-corrected chi connectivity index (χ4v) is 4.02. The maximum absolute atomic E-state index is 14.0. The van der Waals surface area contributed by atoms with Crippen molar-refractivity contribution in [2.75, 3.05) is 5.32 Å². The van der Waals surface area contributed by atoms with Gasteiger partial charge in [-0.2, -0.15) is 5.10 Å². The van der Waals surface area contributed by atoms with Gasteiger partial charge in [-0.1, -0.05) is 0 Å². The van der Waals surface area contributed by atoms with Gasteiger partial charge in [-0.15, -0.1) is 0 Å². The molecule has 7 nitrogen and oxygen atoms in total. The minimum Gasteiger partial charge on any atom is -0.488 e. The molecule has 144 valence electrons. The predicted octanol–water partition coefficient (Wildman–Crippen LogP) is 3.08. The molecule has 2 bridgehead atoms. The van der Waals surface area contributed by atoms with Crippen LogP contribution in [0, 0.1) is 5.82 Å². The number of hydrogen-bond acceptors (Lipinski definition) is 5. The predicted molar refractivity (Wildman–Crippen MR) is 101 cm³/mol. The summed E-state index contributed by atoms with van der Waals surface area (Å²) < 4.78 is 21.8. The molecular weight excluding hydrogens is 361 g/mol. The molecule has 0 radical (unpaired) electrons. The molecule has 2 aliphatic rings. The quantitative estimate of drug-likeness (QED) is 0.626. The van der Waals surface area contributed by atoms with E-state index in [1.54, 1.807) is 22.8 Å². The normalized spacial score (nSPS) is 24.2. The standard InChI is InChI=1S/C20H20FN5O2/c1-11-13-9-12(21)5-6-16(13)28-17-4-2-3-15(17)24-20(27)14-10-22-26-8-7-18(23-11)25-19(14)26/h5-11,15,17H,2-4H2,1H3,(H,23,25)(H,24,27)/t11-,15+,17-/m1/s1. The van der Waals surface area contributed by atoms with Crippen LogP contribution in [0.5, 0.6) is 5.75 Å². The van der Waals surface area contributed by atoms with Crippen LogP contribution in [0.4, 0.5) is 10.2 Å². The Bertz CT molecular complexity index is 1070. The van der Waals surface area contributed by atoms with E-state index in [-0.39, 0.29) is 29.9 Å². The zero-order valence-corrected chi connectivity index (χ0v) is 15.4. The number of amides is 1. The van der Waals surface area contributed by atoms with Gasteiger partial charge in [-0.05, 0) is 50.5 Å². The number of hydrogen-bond donors (Lipinski definition) is 2. The van der Waals surface area contributed by atoms with Crippen LogP contribution in [0.25, 0.3) is 5.65 Å². The summed E-state index contributed by atoms with van der Waals surface area (Å²) in [7, 11) is 0. The molecule has 0 saturated heterocycles. The van der Waals surface area contributed by atoms with E-state index < -0.39 is 0 Å². The van der Waals surface area contributed by atoms with Gasteiger partial charge in [0.2, 0.25) is 0 Å². The zero-order valence-electron chi connectivity index (χ0n) is 15.4. The second-order valence-electron chi connectivity index (χ2n) is 7.35. The van der Waals surface area contributed by atoms with Gasteiger partial charge in [0.15, 0.2) is 5.65 Å². The van der Waals surface area contributed by atoms with Gasteiger partial charge in [0.1, 0.15) is 29.1 Å². The van der Waals surface area contributed by atoms with E-state index in [4.69, 9.17) is 4.74 Å². The summed E-state index contributed by atoms with van der Waals surface area (Å²) >= 11 is 0. The SMILES string of the molecule is C[C@H]1Nc2ccn3ncc(c3n2)C(=O)N[C@H]2CCC[C@H]2Oc2ccc(F)cc21. The number of halogens is 1. The van der Waals surface area contributed by atoms with Gasteiger partial charge in [0.05, 0.1) is 18.3 Å². The van der Waals surface area contributed by atoms with E-state index in [0.717, 1.165) is 19.3 Å². The third-order valence-corrected chi connectivity index (χ3v) is 5.46. The molecule has 1 aromatic carbocycles. The Morgan fingerprint density at radius 3 is 3.04 bits per heavy atom. The summed E-state index contributed by atoms with van der Waals surface area (Å²) in [5.74, 6) is 0.657. The Labute approximate surface area is 160 Å². The molecule has 3 aromatic rings. The van der Waals surface area contributed by atoms with Crippen LogP contribution in [-0.2, 0) is 0 Å². The molecule has 3 atom stereocenters. The fourth-order valence-electron chi connectivity index (χ4n) is 4.02. The summed E-state index contributed by atoms with van der Waals surface area (Å²) in [6.45, 7) is 1.93. The van der Waals surface area contributed by atoms with E-state index in [0.29, 0.717) is 28.3 Å². The molecule has 2 aromatic heterocycles. The van der Waals surface area contributed by atoms with E-state index >= 15 is 0 Å². The number of rotatable bonds is 0. The van der Waals surface area contributed by atoms with Crippen molar-refractivity contribution < 1.29 is 13.9 Å². The lowest BCUT2D eigenvalue weighted by molar-refractivity contribution is 0.0894. The van der Waals surface area contributed by atoms with E-state index in [1.807, 2.05) is 6.92 Å². The first kappa shape index (κ1) is 17.0. The summed E-state index contributed by atoms with van der Waals surface area (Å²) in [4.78, 5) is 17.4. The smallest absolute Gasteiger partial charge is 0.257 e. The number of ether oxygens (including phenoxy) is 1. The Balaban J connectivity index is 1.64. The first-order valence-electron chi connectivity index (χ1n) is 9.46. The highest BCUT2D eigenvalue weighted by Gasteiger charge is 2.32. The van der Waals surface area contributed by atoms with Crippen LogP contribution >= 0.6 is 0 Å². The first-order chi connectivity index (χ1) is 13.6. The lowest BCUT2D eigenvalue weighted by Crippen LogP contribution is -2.42. The number of fused-ring (bicyclic) bond motifs is 3. The summed E-state index contributed by atoms with van der Waals surface area (Å²) in [5.41, 5.74) is 1.61. The molecule has 8 heteroatoms. The third-order valence-electron chi connectivity index (χ3n) is 5.46. The lowest BCUT2D eigenvalue weighted by atomic mass is 10.1. The van der Waals surface area contributed by atoms with Crippen LogP contribution in [0.1, 0.15) is 48.1 Å². The van der Waals surface area contributed by atoms with Crippen molar-refractivity contribution in [1.82, 2.24) is 19.9 Å². The number of anilines is 1. The van der Waals surface area contributed by atoms with Crippen molar-refractivity contribution in [3.05, 3.63) is 53.6 Å². The maximum atomic E-state index is 14.0. The second-order valence-corrected chi connectivity index (χ2v) is 7.35. The van der Waals surface area contributed by atoms with E-state index in [1.165, 1.54) is 18.3 Å². The highest BCUT2D eigenvalue weighted by atomic mass is 19.1. The van der Waals surface area contributed by atoms with Crippen LogP contribution in [0.3, 0.4) is 0 Å². The van der Waals surface area contributed by atoms with Gasteiger partial charge in [-0.25, -0.2) is 13.9 Å². The van der Waals surface area contributed by atoms with Crippen LogP contribution in [0.15, 0.2) is 36.7 Å². The molecule has 1 aliphatic heterocycles. The zero-order chi connectivity index (χ0) is 19.3. The monoisotopic (exact) mass is 381 g/mol. The average molecular weight is 381 g/mol. The third kappa shape index (κ3) is 2.85. The van der Waals surface area contributed by atoms with Crippen molar-refractivity contribution in [2.24, 2.45) is 0 Å². The van der Waals surface area contributed by atoms with Gasteiger partial charge in [0.25, 0.3) is 5.91 Å². The second kappa shape index (κ2) is 6.47. The minimum absolute atomic E-state index is 0.118. The van der Waals surface area contributed by atoms with Gasteiger partial charge in [0, 0.05) is 11.8 Å². The molecule has 1 amide bonds. The molecule has 0 spiro atoms. The molecule has 5 rings (SSSR count). The molecule has 1 saturated carbocycles. The number of nitrogens with zero attached hydrogens (tertiary/aromatic N) is 3. The summed E-state index contributed by atoms with van der Waals surface area (Å²) in [5, 5.41) is 10.6. The topological polar surface area (TPSA) is 80.5 Å². The largest absolute Gasteiger partial charge is 0.488 e. The lowest BCUT2D eigenvalue weighted by Gasteiger charge is -2.25. The number of carbonyl (C=O) groups excluding carboxylic acids is 1. The van der Waals surface area contributed by atoms with E-state index in [9.17, 15) is 9.18 Å². The van der Waals surface area contributed by atoms with Crippen molar-refractivity contribution in [3.63, 3.8) is 0 Å². The van der Waals surface area contributed by atoms with Gasteiger partial charge >= 0.3 is 0 Å². The highest BCUT2D eigenvalue weighted by molar-refractivity contribution is 6.00. The van der Waals surface area contributed by atoms with Crippen molar-refractivity contribution in [1.29, 1.82) is 0 Å². The first-order valence-corrected chi connectivity index (χ1v) is 9.46. The average Bonchev–Trinajstić information content (AvgIpc) is 3.29. The van der Waals surface area contributed by atoms with Gasteiger partial charge in [-0.3, -0.25) is 4.79 Å². The number of nitrogens with one attached hydrogen (secondary N) is 2. The Morgan fingerprint density at radius 1 is 1.25 bits per heavy atom. The summed E-state index contributed by atoms with van der Waals surface area (Å²) in [6, 6.07) is 5.95. The Morgan fingerprint density at radius 2 is 2.14 bits per heavy atom. The molecule has 0 unspecified atom stereocenters. The minimum atomic E-state index is -0.321. The molecule has 1 aliphatic carbocycles. The fraction of sp³-hybridized carbons (Fsp3) is 0.350. The van der Waals surface area contributed by atoms with Crippen LogP contribution < -0.4 is 15.4 Å². The molecule has 1 fully saturated rings. The van der Waals surface area contributed by atoms with Crippen molar-refractivity contribution in [2.45, 2.75) is 44.4 Å². The molecule has 3 heterocycles. The van der Waals surface area contributed by atoms with Crippen molar-refractivity contribution in [3.8, 4) is 5.75 Å². The number of aromatic nitrogens is 3. The molecule has 28 heavy (non-hydrogen) atoms. The van der Waals surface area contributed by atoms with Crippen LogP contribution in [-0.4, -0.2) is 32.7 Å². The number of carbonyl (C=O) groups is 1. The maximum Gasteiger partial charge on any atom is 0.257 e. The Kier molecular flexibility index (Phi) is 3.92. The van der Waals surface area contributed by atoms with Gasteiger partial charge < -0.3 is 15.4 Å². The van der Waals surface area contributed by atoms with Crippen LogP contribution in [0.2, 0.25) is 0 Å². The molecule has 2 N–H and O–H groups in total. The highest BCUT2D eigenvalue weighted by Crippen LogP contribution is 2.33. The Hall–Kier alpha value is -3.16. The summed E-state index contributed by atoms with van der Waals surface area (Å²) in [6.07, 6.45) is 5.73.